The molecule has 110 valence electrons. The Hall–Kier alpha value is 0.180. The van der Waals surface area contributed by atoms with Gasteiger partial charge in [-0.1, -0.05) is 19.3 Å². The molecule has 19 heavy (non-hydrogen) atoms. The van der Waals surface area contributed by atoms with Gasteiger partial charge >= 0.3 is 21.7 Å². The Labute approximate surface area is 109 Å². The molecule has 0 radical (unpaired) electrons. The number of nitrogens with one attached hydrogen (secondary N) is 2. The molecule has 11 heteroatoms. The van der Waals surface area contributed by atoms with Crippen molar-refractivity contribution in [2.24, 2.45) is 0 Å². The van der Waals surface area contributed by atoms with Crippen LogP contribution in [0, 0.1) is 0 Å². The van der Waals surface area contributed by atoms with Gasteiger partial charge in [0.05, 0.1) is 0 Å². The second-order valence-corrected chi connectivity index (χ2v) is 7.85. The zero-order valence-electron chi connectivity index (χ0n) is 10.0. The first-order valence-electron chi connectivity index (χ1n) is 6.13. The Balaban J connectivity index is 1.84. The van der Waals surface area contributed by atoms with Crippen LogP contribution in [0.5, 0.6) is 0 Å². The SMILES string of the molecule is O=P1(O)OC2(N[C@@H]3CCCCC[C@H]3N2)OP(=O)(O)O1. The molecule has 1 aliphatic carbocycles. The van der Waals surface area contributed by atoms with E-state index in [0.29, 0.717) is 0 Å². The first-order valence-corrected chi connectivity index (χ1v) is 9.12. The van der Waals surface area contributed by atoms with Crippen molar-refractivity contribution in [2.45, 2.75) is 50.2 Å². The summed E-state index contributed by atoms with van der Waals surface area (Å²) in [5, 5.41) is 5.72. The molecule has 0 bridgehead atoms. The van der Waals surface area contributed by atoms with Crippen molar-refractivity contribution in [1.29, 1.82) is 0 Å². The average molecular weight is 314 g/mol. The van der Waals surface area contributed by atoms with Gasteiger partial charge in [0.25, 0.3) is 0 Å². The third-order valence-corrected chi connectivity index (χ3v) is 6.09. The van der Waals surface area contributed by atoms with E-state index in [9.17, 15) is 18.9 Å². The summed E-state index contributed by atoms with van der Waals surface area (Å²) < 4.78 is 36.6. The largest absolute Gasteiger partial charge is 0.485 e. The molecule has 3 aliphatic rings. The predicted molar refractivity (Wildman–Crippen MR) is 62.6 cm³/mol. The Morgan fingerprint density at radius 1 is 0.947 bits per heavy atom. The summed E-state index contributed by atoms with van der Waals surface area (Å²) in [5.74, 6) is 0. The van der Waals surface area contributed by atoms with Gasteiger partial charge in [0.15, 0.2) is 0 Å². The monoisotopic (exact) mass is 314 g/mol. The van der Waals surface area contributed by atoms with Gasteiger partial charge in [0, 0.05) is 12.1 Å². The third-order valence-electron chi connectivity index (χ3n) is 3.46. The van der Waals surface area contributed by atoms with Gasteiger partial charge in [-0.05, 0) is 12.8 Å². The van der Waals surface area contributed by atoms with Crippen LogP contribution in [0.15, 0.2) is 0 Å². The summed E-state index contributed by atoms with van der Waals surface area (Å²) in [6, 6.07) is -2.01. The van der Waals surface area contributed by atoms with Gasteiger partial charge in [0.2, 0.25) is 0 Å². The molecule has 2 heterocycles. The highest BCUT2D eigenvalue weighted by Gasteiger charge is 2.59. The molecule has 3 rings (SSSR count). The lowest BCUT2D eigenvalue weighted by molar-refractivity contribution is -0.186. The molecule has 2 unspecified atom stereocenters. The Morgan fingerprint density at radius 3 is 1.89 bits per heavy atom. The van der Waals surface area contributed by atoms with E-state index in [1.54, 1.807) is 0 Å². The van der Waals surface area contributed by atoms with E-state index in [1.165, 1.54) is 0 Å². The van der Waals surface area contributed by atoms with Crippen LogP contribution in [-0.4, -0.2) is 27.9 Å². The first kappa shape index (κ1) is 14.1. The molecule has 4 atom stereocenters. The van der Waals surface area contributed by atoms with Crippen molar-refractivity contribution >= 4 is 15.6 Å². The lowest BCUT2D eigenvalue weighted by Gasteiger charge is -2.36. The molecule has 1 spiro atoms. The highest BCUT2D eigenvalue weighted by Crippen LogP contribution is 2.68. The van der Waals surface area contributed by atoms with Crippen LogP contribution in [0.3, 0.4) is 0 Å². The minimum Gasteiger partial charge on any atom is -0.302 e. The van der Waals surface area contributed by atoms with E-state index < -0.39 is 21.7 Å². The Morgan fingerprint density at radius 2 is 1.42 bits per heavy atom. The molecule has 2 saturated heterocycles. The van der Waals surface area contributed by atoms with Crippen LogP contribution in [-0.2, 0) is 22.5 Å². The van der Waals surface area contributed by atoms with Gasteiger partial charge in [-0.3, -0.25) is 0 Å². The molecule has 0 aromatic heterocycles. The Bertz CT molecular complexity index is 432. The van der Waals surface area contributed by atoms with Gasteiger partial charge in [-0.25, -0.2) is 28.8 Å². The predicted octanol–water partition coefficient (Wildman–Crippen LogP) is 0.756. The van der Waals surface area contributed by atoms with Crippen LogP contribution in [0.25, 0.3) is 0 Å². The second-order valence-electron chi connectivity index (χ2n) is 4.96. The average Bonchev–Trinajstić information content (AvgIpc) is 2.38. The van der Waals surface area contributed by atoms with E-state index in [1.807, 2.05) is 0 Å². The van der Waals surface area contributed by atoms with E-state index in [0.717, 1.165) is 32.1 Å². The molecule has 1 saturated carbocycles. The lowest BCUT2D eigenvalue weighted by atomic mass is 10.1. The maximum Gasteiger partial charge on any atom is 0.485 e. The van der Waals surface area contributed by atoms with Crippen molar-refractivity contribution in [1.82, 2.24) is 10.6 Å². The number of rotatable bonds is 0. The normalized spacial score (nSPS) is 54.8. The summed E-state index contributed by atoms with van der Waals surface area (Å²) in [4.78, 5) is 18.7. The molecule has 3 fully saturated rings. The van der Waals surface area contributed by atoms with Crippen molar-refractivity contribution < 1.29 is 32.3 Å². The van der Waals surface area contributed by atoms with Crippen molar-refractivity contribution in [3.05, 3.63) is 0 Å². The van der Waals surface area contributed by atoms with Gasteiger partial charge in [0.1, 0.15) is 0 Å². The maximum atomic E-state index is 11.5. The summed E-state index contributed by atoms with van der Waals surface area (Å²) in [6.45, 7) is 0. The lowest BCUT2D eigenvalue weighted by Crippen LogP contribution is -2.55. The summed E-state index contributed by atoms with van der Waals surface area (Å²) in [5.41, 5.74) is 0. The smallest absolute Gasteiger partial charge is 0.302 e. The highest BCUT2D eigenvalue weighted by atomic mass is 31.3. The van der Waals surface area contributed by atoms with Crippen molar-refractivity contribution in [3.8, 4) is 0 Å². The fourth-order valence-corrected chi connectivity index (χ4v) is 5.10. The first-order chi connectivity index (χ1) is 8.79. The Kier molecular flexibility index (Phi) is 3.42. The summed E-state index contributed by atoms with van der Waals surface area (Å²) in [7, 11) is -9.30. The minimum atomic E-state index is -4.65. The zero-order chi connectivity index (χ0) is 13.7. The van der Waals surface area contributed by atoms with Crippen molar-refractivity contribution in [2.75, 3.05) is 0 Å². The molecule has 0 amide bonds. The van der Waals surface area contributed by atoms with Crippen LogP contribution in [0.1, 0.15) is 32.1 Å². The van der Waals surface area contributed by atoms with Gasteiger partial charge in [-0.15, -0.1) is 0 Å². The number of hydrogen-bond acceptors (Lipinski definition) is 7. The quantitative estimate of drug-likeness (QED) is 0.479. The molecule has 4 N–H and O–H groups in total. The van der Waals surface area contributed by atoms with E-state index in [2.05, 4.69) is 14.9 Å². The number of phosphoric acid groups is 2. The molecule has 9 nitrogen and oxygen atoms in total. The second kappa shape index (κ2) is 4.59. The fourth-order valence-electron chi connectivity index (χ4n) is 2.79. The number of phosphoric ester groups is 2. The van der Waals surface area contributed by atoms with Crippen LogP contribution < -0.4 is 10.6 Å². The number of fused-ring (bicyclic) bond motifs is 1. The minimum absolute atomic E-state index is 0.0411. The van der Waals surface area contributed by atoms with Crippen LogP contribution >= 0.6 is 15.6 Å². The molecule has 0 aromatic carbocycles. The standard InChI is InChI=1S/C8H16N2O7P2/c11-18(12)15-8(16-19(13,14)17-18)9-6-4-2-1-3-5-7(6)10-8/h6-7,9-10H,1-5H2,(H,11,12)(H,13,14)/t6-,7-/m1/s1. The molecular weight excluding hydrogens is 298 g/mol. The molecule has 0 aromatic rings. The third kappa shape index (κ3) is 2.95. The van der Waals surface area contributed by atoms with Gasteiger partial charge < -0.3 is 9.79 Å². The van der Waals surface area contributed by atoms with Gasteiger partial charge in [-0.2, -0.15) is 4.31 Å². The fraction of sp³-hybridized carbons (Fsp3) is 1.00. The van der Waals surface area contributed by atoms with Crippen LogP contribution in [0.4, 0.5) is 0 Å². The molecule has 2 aliphatic heterocycles. The topological polar surface area (TPSA) is 126 Å². The molecular formula is C8H16N2O7P2. The summed E-state index contributed by atoms with van der Waals surface area (Å²) in [6.07, 6.45) is 4.80. The maximum absolute atomic E-state index is 11.5. The van der Waals surface area contributed by atoms with E-state index in [4.69, 9.17) is 9.05 Å². The summed E-state index contributed by atoms with van der Waals surface area (Å²) >= 11 is 0. The van der Waals surface area contributed by atoms with E-state index in [-0.39, 0.29) is 12.1 Å². The number of hydrogen-bond donors (Lipinski definition) is 4. The van der Waals surface area contributed by atoms with E-state index >= 15 is 0 Å². The highest BCUT2D eigenvalue weighted by molar-refractivity contribution is 7.61. The van der Waals surface area contributed by atoms with Crippen LogP contribution in [0.2, 0.25) is 0 Å². The zero-order valence-corrected chi connectivity index (χ0v) is 11.8. The van der Waals surface area contributed by atoms with Crippen molar-refractivity contribution in [3.63, 3.8) is 0 Å².